The number of pyridine rings is 3. The highest BCUT2D eigenvalue weighted by atomic mass is 14.7. The second-order valence-corrected chi connectivity index (χ2v) is 11.6. The van der Waals surface area contributed by atoms with Gasteiger partial charge in [-0.2, -0.15) is 0 Å². The number of fused-ring (bicyclic) bond motifs is 5. The highest BCUT2D eigenvalue weighted by molar-refractivity contribution is 5.89. The molecule has 0 atom stereocenters. The molecule has 0 amide bonds. The van der Waals surface area contributed by atoms with Gasteiger partial charge < -0.3 is 0 Å². The summed E-state index contributed by atoms with van der Waals surface area (Å²) in [6, 6.07) is 37.4. The van der Waals surface area contributed by atoms with Gasteiger partial charge in [0, 0.05) is 46.9 Å². The molecule has 3 heteroatoms. The Labute approximate surface area is 247 Å². The number of nitrogens with zero attached hydrogens (tertiary/aromatic N) is 3. The second-order valence-electron chi connectivity index (χ2n) is 11.6. The predicted molar refractivity (Wildman–Crippen MR) is 171 cm³/mol. The van der Waals surface area contributed by atoms with E-state index in [2.05, 4.69) is 101 Å². The van der Waals surface area contributed by atoms with Crippen molar-refractivity contribution >= 4 is 0 Å². The molecule has 42 heavy (non-hydrogen) atoms. The van der Waals surface area contributed by atoms with Crippen LogP contribution in [0.4, 0.5) is 0 Å². The molecule has 8 rings (SSSR count). The average molecular weight is 542 g/mol. The van der Waals surface area contributed by atoms with Gasteiger partial charge in [0.25, 0.3) is 0 Å². The standard InChI is InChI=1S/C39H31N3/c1-4-19-39(20-5-1)35-14-3-2-11-33(35)34-13-6-12-32(38(34)39)27-15-17-28(18-16-27)36-23-31(29-9-7-21-40-25-29)24-37(42-36)30-10-8-22-41-26-30/h2-3,6-18,21-26H,1,4-5,19-20H2. The van der Waals surface area contributed by atoms with Gasteiger partial charge in [-0.3, -0.25) is 9.97 Å². The van der Waals surface area contributed by atoms with Crippen molar-refractivity contribution < 1.29 is 0 Å². The quantitative estimate of drug-likeness (QED) is 0.223. The molecule has 3 heterocycles. The minimum Gasteiger partial charge on any atom is -0.264 e. The first kappa shape index (κ1) is 24.9. The lowest BCUT2D eigenvalue weighted by molar-refractivity contribution is 0.353. The zero-order valence-corrected chi connectivity index (χ0v) is 23.5. The van der Waals surface area contributed by atoms with Crippen LogP contribution in [-0.2, 0) is 5.41 Å². The van der Waals surface area contributed by atoms with Crippen LogP contribution in [0.25, 0.3) is 55.9 Å². The van der Waals surface area contributed by atoms with Gasteiger partial charge in [-0.1, -0.05) is 92.1 Å². The summed E-state index contributed by atoms with van der Waals surface area (Å²) < 4.78 is 0. The zero-order valence-electron chi connectivity index (χ0n) is 23.5. The zero-order chi connectivity index (χ0) is 27.9. The highest BCUT2D eigenvalue weighted by Crippen LogP contribution is 2.58. The van der Waals surface area contributed by atoms with Gasteiger partial charge in [-0.15, -0.1) is 0 Å². The Hall–Kier alpha value is -4.89. The fourth-order valence-corrected chi connectivity index (χ4v) is 7.34. The average Bonchev–Trinajstić information content (AvgIpc) is 3.35. The Kier molecular flexibility index (Phi) is 6.03. The maximum Gasteiger partial charge on any atom is 0.0731 e. The Balaban J connectivity index is 1.23. The van der Waals surface area contributed by atoms with Crippen molar-refractivity contribution in [2.45, 2.75) is 37.5 Å². The van der Waals surface area contributed by atoms with E-state index in [1.54, 1.807) is 6.20 Å². The number of aromatic nitrogens is 3. The first-order chi connectivity index (χ1) is 20.8. The summed E-state index contributed by atoms with van der Waals surface area (Å²) in [6.07, 6.45) is 13.8. The van der Waals surface area contributed by atoms with E-state index in [4.69, 9.17) is 4.98 Å². The molecule has 0 N–H and O–H groups in total. The number of rotatable bonds is 4. The van der Waals surface area contributed by atoms with Gasteiger partial charge in [0.15, 0.2) is 0 Å². The molecule has 6 aromatic rings. The van der Waals surface area contributed by atoms with Crippen molar-refractivity contribution in [2.75, 3.05) is 0 Å². The summed E-state index contributed by atoms with van der Waals surface area (Å²) in [5.74, 6) is 0. The van der Waals surface area contributed by atoms with Crippen molar-refractivity contribution in [3.8, 4) is 55.9 Å². The van der Waals surface area contributed by atoms with Gasteiger partial charge in [0.2, 0.25) is 0 Å². The lowest BCUT2D eigenvalue weighted by Crippen LogP contribution is -2.28. The Morgan fingerprint density at radius 3 is 1.86 bits per heavy atom. The third-order valence-electron chi connectivity index (χ3n) is 9.25. The molecule has 3 aromatic heterocycles. The smallest absolute Gasteiger partial charge is 0.0731 e. The van der Waals surface area contributed by atoms with Crippen LogP contribution in [0.1, 0.15) is 43.2 Å². The summed E-state index contributed by atoms with van der Waals surface area (Å²) in [4.78, 5) is 13.8. The molecule has 0 saturated heterocycles. The van der Waals surface area contributed by atoms with E-state index in [9.17, 15) is 0 Å². The summed E-state index contributed by atoms with van der Waals surface area (Å²) >= 11 is 0. The van der Waals surface area contributed by atoms with Gasteiger partial charge in [-0.25, -0.2) is 4.98 Å². The Bertz CT molecular complexity index is 1830. The van der Waals surface area contributed by atoms with E-state index >= 15 is 0 Å². The molecule has 2 aliphatic carbocycles. The second kappa shape index (κ2) is 10.2. The minimum absolute atomic E-state index is 0.123. The Morgan fingerprint density at radius 2 is 1.12 bits per heavy atom. The van der Waals surface area contributed by atoms with E-state index in [-0.39, 0.29) is 5.41 Å². The first-order valence-corrected chi connectivity index (χ1v) is 15.0. The molecule has 1 fully saturated rings. The largest absolute Gasteiger partial charge is 0.264 e. The van der Waals surface area contributed by atoms with Crippen molar-refractivity contribution in [3.63, 3.8) is 0 Å². The van der Waals surface area contributed by atoms with Crippen molar-refractivity contribution in [3.05, 3.63) is 139 Å². The molecule has 1 saturated carbocycles. The number of benzene rings is 3. The summed E-state index contributed by atoms with van der Waals surface area (Å²) in [5.41, 5.74) is 14.8. The fourth-order valence-electron chi connectivity index (χ4n) is 7.34. The predicted octanol–water partition coefficient (Wildman–Crippen LogP) is 9.77. The molecule has 3 nitrogen and oxygen atoms in total. The molecule has 202 valence electrons. The molecule has 1 spiro atoms. The third kappa shape index (κ3) is 4.08. The van der Waals surface area contributed by atoms with Crippen LogP contribution in [0.2, 0.25) is 0 Å². The van der Waals surface area contributed by atoms with Crippen LogP contribution in [0.5, 0.6) is 0 Å². The minimum atomic E-state index is 0.123. The molecule has 0 aliphatic heterocycles. The number of hydrogen-bond donors (Lipinski definition) is 0. The maximum absolute atomic E-state index is 5.09. The van der Waals surface area contributed by atoms with Crippen LogP contribution in [0, 0.1) is 0 Å². The molecule has 0 bridgehead atoms. The first-order valence-electron chi connectivity index (χ1n) is 15.0. The van der Waals surface area contributed by atoms with Crippen LogP contribution in [-0.4, -0.2) is 15.0 Å². The Morgan fingerprint density at radius 1 is 0.476 bits per heavy atom. The van der Waals surface area contributed by atoms with Crippen molar-refractivity contribution in [2.24, 2.45) is 0 Å². The molecule has 3 aromatic carbocycles. The molecular weight excluding hydrogens is 510 g/mol. The topological polar surface area (TPSA) is 38.7 Å². The van der Waals surface area contributed by atoms with E-state index in [1.807, 2.05) is 30.7 Å². The lowest BCUT2D eigenvalue weighted by atomic mass is 9.66. The van der Waals surface area contributed by atoms with Crippen molar-refractivity contribution in [1.82, 2.24) is 15.0 Å². The van der Waals surface area contributed by atoms with E-state index in [0.29, 0.717) is 0 Å². The van der Waals surface area contributed by atoms with Crippen LogP contribution in [0.15, 0.2) is 128 Å². The third-order valence-corrected chi connectivity index (χ3v) is 9.25. The van der Waals surface area contributed by atoms with E-state index in [1.165, 1.54) is 65.5 Å². The monoisotopic (exact) mass is 541 g/mol. The number of hydrogen-bond acceptors (Lipinski definition) is 3. The summed E-state index contributed by atoms with van der Waals surface area (Å²) in [7, 11) is 0. The van der Waals surface area contributed by atoms with Crippen LogP contribution >= 0.6 is 0 Å². The summed E-state index contributed by atoms with van der Waals surface area (Å²) in [6.45, 7) is 0. The lowest BCUT2D eigenvalue weighted by Gasteiger charge is -2.37. The molecular formula is C39H31N3. The van der Waals surface area contributed by atoms with Gasteiger partial charge >= 0.3 is 0 Å². The normalized spacial score (nSPS) is 14.9. The van der Waals surface area contributed by atoms with Gasteiger partial charge in [0.05, 0.1) is 11.4 Å². The highest BCUT2D eigenvalue weighted by Gasteiger charge is 2.44. The fraction of sp³-hybridized carbons (Fsp3) is 0.154. The van der Waals surface area contributed by atoms with Crippen LogP contribution < -0.4 is 0 Å². The molecule has 2 aliphatic rings. The van der Waals surface area contributed by atoms with Gasteiger partial charge in [0.1, 0.15) is 0 Å². The van der Waals surface area contributed by atoms with E-state index < -0.39 is 0 Å². The van der Waals surface area contributed by atoms with Crippen LogP contribution in [0.3, 0.4) is 0 Å². The van der Waals surface area contributed by atoms with E-state index in [0.717, 1.165) is 33.6 Å². The van der Waals surface area contributed by atoms with Gasteiger partial charge in [-0.05, 0) is 82.1 Å². The SMILES string of the molecule is c1cncc(-c2cc(-c3ccc(-c4cccc5c4C4(CCCCC4)c4ccccc4-5)cc3)nc(-c3cccnc3)c2)c1. The van der Waals surface area contributed by atoms with Crippen molar-refractivity contribution in [1.29, 1.82) is 0 Å². The molecule has 0 radical (unpaired) electrons. The summed E-state index contributed by atoms with van der Waals surface area (Å²) in [5, 5.41) is 0. The maximum atomic E-state index is 5.09. The molecule has 0 unspecified atom stereocenters.